The van der Waals surface area contributed by atoms with Crippen LogP contribution in [0, 0.1) is 11.8 Å². The van der Waals surface area contributed by atoms with Gasteiger partial charge in [-0.15, -0.1) is 0 Å². The average Bonchev–Trinajstić information content (AvgIpc) is 2.16. The Balaban J connectivity index is 2.58. The summed E-state index contributed by atoms with van der Waals surface area (Å²) in [6, 6.07) is 0. The van der Waals surface area contributed by atoms with E-state index in [1.165, 1.54) is 37.7 Å². The molecular formula is C12H20. The largest absolute Gasteiger partial charge is 0.0988 e. The molecule has 0 radical (unpaired) electrons. The normalized spacial score (nSPS) is 29.8. The van der Waals surface area contributed by atoms with Crippen LogP contribution in [0.3, 0.4) is 0 Å². The van der Waals surface area contributed by atoms with Gasteiger partial charge in [-0.05, 0) is 24.7 Å². The van der Waals surface area contributed by atoms with Crippen LogP contribution in [-0.2, 0) is 0 Å². The molecule has 0 nitrogen and oxygen atoms in total. The van der Waals surface area contributed by atoms with Crippen LogP contribution in [0.4, 0.5) is 0 Å². The second-order valence-electron chi connectivity index (χ2n) is 3.84. The van der Waals surface area contributed by atoms with Crippen molar-refractivity contribution < 1.29 is 0 Å². The number of rotatable bonds is 3. The fraction of sp³-hybridized carbons (Fsp3) is 0.667. The van der Waals surface area contributed by atoms with E-state index in [0.29, 0.717) is 0 Å². The fourth-order valence-electron chi connectivity index (χ4n) is 2.34. The van der Waals surface area contributed by atoms with Gasteiger partial charge in [0.05, 0.1) is 0 Å². The van der Waals surface area contributed by atoms with Gasteiger partial charge in [-0.3, -0.25) is 0 Å². The maximum atomic E-state index is 4.08. The maximum Gasteiger partial charge on any atom is -0.0140 e. The van der Waals surface area contributed by atoms with Gasteiger partial charge in [0.1, 0.15) is 0 Å². The summed E-state index contributed by atoms with van der Waals surface area (Å²) in [4.78, 5) is 0. The summed E-state index contributed by atoms with van der Waals surface area (Å²) >= 11 is 0. The molecule has 1 aliphatic rings. The minimum atomic E-state index is 0.737. The molecule has 1 fully saturated rings. The third kappa shape index (κ3) is 2.00. The Morgan fingerprint density at radius 3 is 2.67 bits per heavy atom. The lowest BCUT2D eigenvalue weighted by Crippen LogP contribution is -2.19. The maximum absolute atomic E-state index is 4.08. The minimum absolute atomic E-state index is 0.737. The summed E-state index contributed by atoms with van der Waals surface area (Å²) in [6.07, 6.45) is 8.78. The molecule has 0 amide bonds. The molecule has 0 aliphatic heterocycles. The third-order valence-corrected chi connectivity index (χ3v) is 3.17. The van der Waals surface area contributed by atoms with Crippen LogP contribution in [0.5, 0.6) is 0 Å². The highest BCUT2D eigenvalue weighted by Crippen LogP contribution is 2.36. The second kappa shape index (κ2) is 4.49. The molecule has 1 saturated carbocycles. The zero-order valence-electron chi connectivity index (χ0n) is 8.18. The van der Waals surface area contributed by atoms with E-state index in [4.69, 9.17) is 0 Å². The Morgan fingerprint density at radius 2 is 2.08 bits per heavy atom. The van der Waals surface area contributed by atoms with E-state index >= 15 is 0 Å². The Kier molecular flexibility index (Phi) is 3.58. The summed E-state index contributed by atoms with van der Waals surface area (Å²) < 4.78 is 0. The standard InChI is InChI=1S/C12H20/c1-4-10(3)12-9-7-6-8-11(12)5-2/h4,11-12H,1,3,5-9H2,2H3. The van der Waals surface area contributed by atoms with Gasteiger partial charge in [0.25, 0.3) is 0 Å². The third-order valence-electron chi connectivity index (χ3n) is 3.17. The van der Waals surface area contributed by atoms with E-state index in [2.05, 4.69) is 20.1 Å². The van der Waals surface area contributed by atoms with E-state index in [1.54, 1.807) is 0 Å². The molecule has 0 N–H and O–H groups in total. The lowest BCUT2D eigenvalue weighted by atomic mass is 9.74. The van der Waals surface area contributed by atoms with Gasteiger partial charge in [-0.25, -0.2) is 0 Å². The van der Waals surface area contributed by atoms with Crippen molar-refractivity contribution in [3.8, 4) is 0 Å². The van der Waals surface area contributed by atoms with Crippen molar-refractivity contribution in [1.82, 2.24) is 0 Å². The van der Waals surface area contributed by atoms with E-state index in [-0.39, 0.29) is 0 Å². The number of hydrogen-bond donors (Lipinski definition) is 0. The van der Waals surface area contributed by atoms with Crippen molar-refractivity contribution in [3.05, 3.63) is 24.8 Å². The molecule has 0 aromatic rings. The van der Waals surface area contributed by atoms with E-state index in [9.17, 15) is 0 Å². The summed E-state index contributed by atoms with van der Waals surface area (Å²) in [6.45, 7) is 10.2. The van der Waals surface area contributed by atoms with Crippen LogP contribution in [-0.4, -0.2) is 0 Å². The highest BCUT2D eigenvalue weighted by atomic mass is 14.3. The average molecular weight is 164 g/mol. The first-order valence-corrected chi connectivity index (χ1v) is 5.10. The number of allylic oxidation sites excluding steroid dienone is 2. The van der Waals surface area contributed by atoms with Gasteiger partial charge in [-0.2, -0.15) is 0 Å². The first-order chi connectivity index (χ1) is 5.79. The van der Waals surface area contributed by atoms with Crippen molar-refractivity contribution in [2.24, 2.45) is 11.8 Å². The minimum Gasteiger partial charge on any atom is -0.0988 e. The zero-order chi connectivity index (χ0) is 8.97. The van der Waals surface area contributed by atoms with Gasteiger partial charge >= 0.3 is 0 Å². The SMILES string of the molecule is C=CC(=C)C1CCCCC1CC. The van der Waals surface area contributed by atoms with Crippen molar-refractivity contribution in [3.63, 3.8) is 0 Å². The summed E-state index contributed by atoms with van der Waals surface area (Å²) in [5, 5.41) is 0. The highest BCUT2D eigenvalue weighted by Gasteiger charge is 2.24. The zero-order valence-corrected chi connectivity index (χ0v) is 8.18. The predicted octanol–water partition coefficient (Wildman–Crippen LogP) is 3.95. The van der Waals surface area contributed by atoms with Crippen molar-refractivity contribution >= 4 is 0 Å². The van der Waals surface area contributed by atoms with Crippen LogP contribution in [0.1, 0.15) is 39.0 Å². The van der Waals surface area contributed by atoms with Crippen molar-refractivity contribution in [2.45, 2.75) is 39.0 Å². The van der Waals surface area contributed by atoms with Gasteiger partial charge in [0, 0.05) is 0 Å². The molecular weight excluding hydrogens is 144 g/mol. The molecule has 0 heteroatoms. The summed E-state index contributed by atoms with van der Waals surface area (Å²) in [5.74, 6) is 1.62. The molecule has 1 rings (SSSR count). The first-order valence-electron chi connectivity index (χ1n) is 5.10. The topological polar surface area (TPSA) is 0 Å². The van der Waals surface area contributed by atoms with Crippen LogP contribution in [0.25, 0.3) is 0 Å². The van der Waals surface area contributed by atoms with Gasteiger partial charge in [0.2, 0.25) is 0 Å². The van der Waals surface area contributed by atoms with Gasteiger partial charge in [-0.1, -0.05) is 51.0 Å². The molecule has 0 heterocycles. The molecule has 0 spiro atoms. The molecule has 2 unspecified atom stereocenters. The molecule has 2 atom stereocenters. The Morgan fingerprint density at radius 1 is 1.42 bits per heavy atom. The molecule has 0 aromatic heterocycles. The summed E-state index contributed by atoms with van der Waals surface area (Å²) in [7, 11) is 0. The van der Waals surface area contributed by atoms with Crippen LogP contribution >= 0.6 is 0 Å². The van der Waals surface area contributed by atoms with Crippen LogP contribution in [0.15, 0.2) is 24.8 Å². The van der Waals surface area contributed by atoms with E-state index in [1.807, 2.05) is 6.08 Å². The quantitative estimate of drug-likeness (QED) is 0.554. The summed E-state index contributed by atoms with van der Waals surface area (Å²) in [5.41, 5.74) is 1.27. The lowest BCUT2D eigenvalue weighted by Gasteiger charge is -2.31. The van der Waals surface area contributed by atoms with E-state index in [0.717, 1.165) is 11.8 Å². The molecule has 12 heavy (non-hydrogen) atoms. The molecule has 1 aliphatic carbocycles. The van der Waals surface area contributed by atoms with Crippen LogP contribution in [0.2, 0.25) is 0 Å². The van der Waals surface area contributed by atoms with Gasteiger partial charge in [0.15, 0.2) is 0 Å². The Hall–Kier alpha value is -0.520. The smallest absolute Gasteiger partial charge is 0.0140 e. The molecule has 0 bridgehead atoms. The Labute approximate surface area is 76.4 Å². The number of hydrogen-bond acceptors (Lipinski definition) is 0. The molecule has 68 valence electrons. The lowest BCUT2D eigenvalue weighted by molar-refractivity contribution is 0.269. The fourth-order valence-corrected chi connectivity index (χ4v) is 2.34. The first kappa shape index (κ1) is 9.57. The van der Waals surface area contributed by atoms with Crippen molar-refractivity contribution in [2.75, 3.05) is 0 Å². The molecule has 0 aromatic carbocycles. The Bertz CT molecular complexity index is 167. The second-order valence-corrected chi connectivity index (χ2v) is 3.84. The highest BCUT2D eigenvalue weighted by molar-refractivity contribution is 5.16. The monoisotopic (exact) mass is 164 g/mol. The van der Waals surface area contributed by atoms with Gasteiger partial charge < -0.3 is 0 Å². The molecule has 0 saturated heterocycles. The predicted molar refractivity (Wildman–Crippen MR) is 55.1 cm³/mol. The van der Waals surface area contributed by atoms with E-state index < -0.39 is 0 Å². The van der Waals surface area contributed by atoms with Crippen molar-refractivity contribution in [1.29, 1.82) is 0 Å². The van der Waals surface area contributed by atoms with Crippen LogP contribution < -0.4 is 0 Å².